The van der Waals surface area contributed by atoms with Crippen LogP contribution in [0.2, 0.25) is 0 Å². The van der Waals surface area contributed by atoms with Crippen LogP contribution in [0.3, 0.4) is 0 Å². The van der Waals surface area contributed by atoms with Gasteiger partial charge in [0.15, 0.2) is 11.7 Å². The molecule has 4 unspecified atom stereocenters. The Morgan fingerprint density at radius 3 is 2.74 bits per heavy atom. The number of hydrogen-bond donors (Lipinski definition) is 1. The summed E-state index contributed by atoms with van der Waals surface area (Å²) >= 11 is 0. The lowest BCUT2D eigenvalue weighted by molar-refractivity contribution is -0.122. The Balaban J connectivity index is 1.31. The number of fused-ring (bicyclic) bond motifs is 2. The van der Waals surface area contributed by atoms with Gasteiger partial charge in [-0.15, -0.1) is 0 Å². The number of benzene rings is 1. The standard InChI is InChI=1S/C21H24F2N2O2/c1-12(15-10-13-5-6-14(15)9-13)25-19(26)7-8-20-24-11-18(27-20)21-16(22)3-2-4-17(21)23/h2-4,11-15H,5-10H2,1H3,(H,25,26). The van der Waals surface area contributed by atoms with Crippen LogP contribution in [0.25, 0.3) is 11.3 Å². The zero-order valence-corrected chi connectivity index (χ0v) is 15.4. The van der Waals surface area contributed by atoms with Gasteiger partial charge in [-0.3, -0.25) is 4.79 Å². The smallest absolute Gasteiger partial charge is 0.220 e. The molecule has 2 aromatic rings. The van der Waals surface area contributed by atoms with E-state index in [1.165, 1.54) is 50.1 Å². The summed E-state index contributed by atoms with van der Waals surface area (Å²) in [6, 6.07) is 3.82. The van der Waals surface area contributed by atoms with E-state index < -0.39 is 11.6 Å². The molecule has 0 aliphatic heterocycles. The van der Waals surface area contributed by atoms with Gasteiger partial charge >= 0.3 is 0 Å². The van der Waals surface area contributed by atoms with Crippen molar-refractivity contribution in [3.05, 3.63) is 41.9 Å². The second-order valence-electron chi connectivity index (χ2n) is 7.91. The molecule has 144 valence electrons. The summed E-state index contributed by atoms with van der Waals surface area (Å²) in [7, 11) is 0. The molecule has 4 atom stereocenters. The molecule has 2 aliphatic carbocycles. The first-order valence-corrected chi connectivity index (χ1v) is 9.69. The fraction of sp³-hybridized carbons (Fsp3) is 0.524. The van der Waals surface area contributed by atoms with Gasteiger partial charge in [-0.25, -0.2) is 13.8 Å². The minimum absolute atomic E-state index is 0.0383. The van der Waals surface area contributed by atoms with E-state index in [1.54, 1.807) is 0 Å². The highest BCUT2D eigenvalue weighted by atomic mass is 19.1. The minimum Gasteiger partial charge on any atom is -0.441 e. The van der Waals surface area contributed by atoms with Crippen molar-refractivity contribution in [1.29, 1.82) is 0 Å². The number of halogens is 2. The molecule has 1 N–H and O–H groups in total. The Hall–Kier alpha value is -2.24. The number of rotatable bonds is 6. The molecular formula is C21H24F2N2O2. The lowest BCUT2D eigenvalue weighted by atomic mass is 9.84. The summed E-state index contributed by atoms with van der Waals surface area (Å²) in [4.78, 5) is 16.3. The van der Waals surface area contributed by atoms with Crippen LogP contribution in [-0.4, -0.2) is 16.9 Å². The van der Waals surface area contributed by atoms with Crippen molar-refractivity contribution in [2.24, 2.45) is 17.8 Å². The number of nitrogens with one attached hydrogen (secondary N) is 1. The number of hydrogen-bond acceptors (Lipinski definition) is 3. The second kappa shape index (κ2) is 7.41. The summed E-state index contributed by atoms with van der Waals surface area (Å²) < 4.78 is 33.1. The maximum atomic E-state index is 13.8. The van der Waals surface area contributed by atoms with Crippen molar-refractivity contribution in [2.45, 2.75) is 51.5 Å². The Bertz CT molecular complexity index is 815. The van der Waals surface area contributed by atoms with Gasteiger partial charge < -0.3 is 9.73 Å². The van der Waals surface area contributed by atoms with Crippen LogP contribution in [0.1, 0.15) is 44.9 Å². The largest absolute Gasteiger partial charge is 0.441 e. The number of oxazole rings is 1. The third-order valence-electron chi connectivity index (χ3n) is 6.15. The highest BCUT2D eigenvalue weighted by molar-refractivity contribution is 5.76. The molecule has 4 rings (SSSR count). The van der Waals surface area contributed by atoms with Crippen LogP contribution in [-0.2, 0) is 11.2 Å². The Morgan fingerprint density at radius 2 is 2.07 bits per heavy atom. The van der Waals surface area contributed by atoms with Gasteiger partial charge in [0.2, 0.25) is 5.91 Å². The van der Waals surface area contributed by atoms with E-state index in [4.69, 9.17) is 4.42 Å². The van der Waals surface area contributed by atoms with E-state index in [0.29, 0.717) is 18.2 Å². The van der Waals surface area contributed by atoms with Crippen molar-refractivity contribution < 1.29 is 18.0 Å². The van der Waals surface area contributed by atoms with Crippen LogP contribution in [0.15, 0.2) is 28.8 Å². The molecule has 0 saturated heterocycles. The highest BCUT2D eigenvalue weighted by Crippen LogP contribution is 2.49. The van der Waals surface area contributed by atoms with Crippen molar-refractivity contribution in [3.8, 4) is 11.3 Å². The summed E-state index contributed by atoms with van der Waals surface area (Å²) in [6.07, 6.45) is 7.01. The van der Waals surface area contributed by atoms with Gasteiger partial charge in [0.1, 0.15) is 11.6 Å². The van der Waals surface area contributed by atoms with Gasteiger partial charge in [-0.05, 0) is 56.1 Å². The number of nitrogens with zero attached hydrogens (tertiary/aromatic N) is 1. The molecule has 6 heteroatoms. The van der Waals surface area contributed by atoms with E-state index in [1.807, 2.05) is 0 Å². The lowest BCUT2D eigenvalue weighted by Gasteiger charge is -2.28. The van der Waals surface area contributed by atoms with Gasteiger partial charge in [-0.1, -0.05) is 12.5 Å². The predicted molar refractivity (Wildman–Crippen MR) is 96.7 cm³/mol. The Morgan fingerprint density at radius 1 is 1.30 bits per heavy atom. The molecule has 2 saturated carbocycles. The molecule has 1 aromatic carbocycles. The van der Waals surface area contributed by atoms with Crippen molar-refractivity contribution in [1.82, 2.24) is 10.3 Å². The zero-order chi connectivity index (χ0) is 19.0. The Labute approximate surface area is 157 Å². The fourth-order valence-corrected chi connectivity index (χ4v) is 4.83. The first kappa shape index (κ1) is 18.1. The Kier molecular flexibility index (Phi) is 4.98. The SMILES string of the molecule is CC(NC(=O)CCc1ncc(-c2c(F)cccc2F)o1)C1CC2CCC1C2. The molecule has 0 radical (unpaired) electrons. The predicted octanol–water partition coefficient (Wildman–Crippen LogP) is 4.49. The highest BCUT2D eigenvalue weighted by Gasteiger charge is 2.42. The minimum atomic E-state index is -0.699. The van der Waals surface area contributed by atoms with E-state index in [0.717, 1.165) is 11.8 Å². The lowest BCUT2D eigenvalue weighted by Crippen LogP contribution is -2.40. The molecule has 1 amide bonds. The van der Waals surface area contributed by atoms with Crippen molar-refractivity contribution in [3.63, 3.8) is 0 Å². The van der Waals surface area contributed by atoms with Crippen molar-refractivity contribution >= 4 is 5.91 Å². The maximum Gasteiger partial charge on any atom is 0.220 e. The van der Waals surface area contributed by atoms with Gasteiger partial charge in [-0.2, -0.15) is 0 Å². The van der Waals surface area contributed by atoms with E-state index in [2.05, 4.69) is 17.2 Å². The third kappa shape index (κ3) is 3.75. The summed E-state index contributed by atoms with van der Waals surface area (Å²) in [6.45, 7) is 2.09. The number of amides is 1. The molecule has 0 spiro atoms. The monoisotopic (exact) mass is 374 g/mol. The quantitative estimate of drug-likeness (QED) is 0.810. The summed E-state index contributed by atoms with van der Waals surface area (Å²) in [5.74, 6) is 1.10. The van der Waals surface area contributed by atoms with E-state index in [9.17, 15) is 13.6 Å². The molecule has 2 bridgehead atoms. The van der Waals surface area contributed by atoms with Crippen LogP contribution < -0.4 is 5.32 Å². The van der Waals surface area contributed by atoms with Gasteiger partial charge in [0.25, 0.3) is 0 Å². The average molecular weight is 374 g/mol. The van der Waals surface area contributed by atoms with Crippen molar-refractivity contribution in [2.75, 3.05) is 0 Å². The third-order valence-corrected chi connectivity index (χ3v) is 6.15. The van der Waals surface area contributed by atoms with Gasteiger partial charge in [0.05, 0.1) is 11.8 Å². The maximum absolute atomic E-state index is 13.8. The topological polar surface area (TPSA) is 55.1 Å². The molecule has 2 fully saturated rings. The van der Waals surface area contributed by atoms with Crippen LogP contribution in [0.5, 0.6) is 0 Å². The molecule has 1 aromatic heterocycles. The van der Waals surface area contributed by atoms with Crippen LogP contribution in [0.4, 0.5) is 8.78 Å². The molecule has 2 aliphatic rings. The number of aryl methyl sites for hydroxylation is 1. The van der Waals surface area contributed by atoms with E-state index >= 15 is 0 Å². The molecule has 4 nitrogen and oxygen atoms in total. The molecule has 1 heterocycles. The first-order valence-electron chi connectivity index (χ1n) is 9.69. The zero-order valence-electron chi connectivity index (χ0n) is 15.4. The normalized spacial score (nSPS) is 24.9. The first-order chi connectivity index (χ1) is 13.0. The van der Waals surface area contributed by atoms with Crippen LogP contribution >= 0.6 is 0 Å². The van der Waals surface area contributed by atoms with E-state index in [-0.39, 0.29) is 29.7 Å². The van der Waals surface area contributed by atoms with Crippen LogP contribution in [0, 0.1) is 29.4 Å². The summed E-state index contributed by atoms with van der Waals surface area (Å²) in [5, 5.41) is 3.11. The number of carbonyl (C=O) groups is 1. The average Bonchev–Trinajstić information content (AvgIpc) is 3.37. The molecule has 27 heavy (non-hydrogen) atoms. The number of carbonyl (C=O) groups excluding carboxylic acids is 1. The van der Waals surface area contributed by atoms with Gasteiger partial charge in [0, 0.05) is 18.9 Å². The molecular weight excluding hydrogens is 350 g/mol. The second-order valence-corrected chi connectivity index (χ2v) is 7.91. The summed E-state index contributed by atoms with van der Waals surface area (Å²) in [5.41, 5.74) is -0.231. The number of aromatic nitrogens is 1. The fourth-order valence-electron chi connectivity index (χ4n) is 4.83.